The molecule has 0 unspecified atom stereocenters. The number of carboxylic acids is 3. The van der Waals surface area contributed by atoms with Gasteiger partial charge in [-0.25, -0.2) is 14.4 Å². The third-order valence-electron chi connectivity index (χ3n) is 7.00. The van der Waals surface area contributed by atoms with Gasteiger partial charge in [0.25, 0.3) is 0 Å². The second-order valence-corrected chi connectivity index (χ2v) is 15.7. The summed E-state index contributed by atoms with van der Waals surface area (Å²) in [5.74, 6) is -3.85. The van der Waals surface area contributed by atoms with Gasteiger partial charge < -0.3 is 36.4 Å². The highest BCUT2D eigenvalue weighted by Gasteiger charge is 2.24. The second kappa shape index (κ2) is 25.3. The molecular formula is C38H47N3O11S3. The molecule has 3 aromatic carbocycles. The molecular weight excluding hydrogens is 771 g/mol. The maximum absolute atomic E-state index is 11.8. The van der Waals surface area contributed by atoms with Crippen molar-refractivity contribution in [3.05, 3.63) is 107 Å². The Bertz CT molecular complexity index is 1710. The molecule has 3 rings (SSSR count). The number of aliphatic carboxylic acids is 3. The van der Waals surface area contributed by atoms with Crippen molar-refractivity contribution >= 4 is 75.4 Å². The number of rotatable bonds is 16. The van der Waals surface area contributed by atoms with Crippen LogP contribution in [0.2, 0.25) is 0 Å². The number of aryl methyl sites for hydroxylation is 1. The number of thioether (sulfide) groups is 3. The van der Waals surface area contributed by atoms with Crippen LogP contribution in [0, 0.1) is 6.92 Å². The Morgan fingerprint density at radius 1 is 0.691 bits per heavy atom. The van der Waals surface area contributed by atoms with Crippen LogP contribution in [-0.2, 0) is 40.1 Å². The van der Waals surface area contributed by atoms with E-state index in [0.29, 0.717) is 11.3 Å². The van der Waals surface area contributed by atoms with Gasteiger partial charge in [0.05, 0.1) is 0 Å². The van der Waals surface area contributed by atoms with E-state index in [1.807, 2.05) is 79.7 Å². The van der Waals surface area contributed by atoms with Gasteiger partial charge in [-0.3, -0.25) is 19.2 Å². The molecule has 3 aromatic rings. The van der Waals surface area contributed by atoms with Crippen molar-refractivity contribution in [1.82, 2.24) is 10.6 Å². The van der Waals surface area contributed by atoms with Gasteiger partial charge in [0.1, 0.15) is 24.7 Å². The van der Waals surface area contributed by atoms with Crippen LogP contribution in [0.25, 0.3) is 0 Å². The summed E-state index contributed by atoms with van der Waals surface area (Å²) in [6.07, 6.45) is 0. The number of carbonyl (C=O) groups is 7. The molecule has 0 saturated heterocycles. The Balaban J connectivity index is 0.000000415. The lowest BCUT2D eigenvalue weighted by atomic mass is 10.0. The number of hydrogen-bond donors (Lipinski definition) is 6. The molecule has 0 heterocycles. The fourth-order valence-electron chi connectivity index (χ4n) is 3.97. The fourth-order valence-corrected chi connectivity index (χ4v) is 6.53. The van der Waals surface area contributed by atoms with E-state index in [2.05, 4.69) is 24.5 Å². The largest absolute Gasteiger partial charge is 0.480 e. The van der Waals surface area contributed by atoms with Crippen LogP contribution < -0.4 is 16.4 Å². The van der Waals surface area contributed by atoms with Gasteiger partial charge in [-0.15, -0.1) is 11.8 Å². The zero-order valence-corrected chi connectivity index (χ0v) is 33.5. The summed E-state index contributed by atoms with van der Waals surface area (Å²) in [6, 6.07) is 23.2. The van der Waals surface area contributed by atoms with Gasteiger partial charge in [0.2, 0.25) is 16.9 Å². The highest BCUT2D eigenvalue weighted by atomic mass is 32.2. The number of ether oxygens (including phenoxy) is 1. The number of nitrogens with one attached hydrogen (secondary N) is 2. The average Bonchev–Trinajstić information content (AvgIpc) is 3.14. The normalized spacial score (nSPS) is 12.1. The van der Waals surface area contributed by atoms with Crippen molar-refractivity contribution in [2.75, 3.05) is 17.3 Å². The SMILES string of the molecule is CC(=O)N[C@@H](CSC(=O)OCc1ccccc1)C(=O)O.CC(=O)N[C@@H](CSC(=O)c1ccc(C)cc1)C(=O)O.CC(C)(SC[C@H](N)C(=O)O)c1ccccc1. The molecule has 0 aromatic heterocycles. The minimum absolute atomic E-state index is 0.00161. The van der Waals surface area contributed by atoms with Crippen molar-refractivity contribution in [1.29, 1.82) is 0 Å². The Morgan fingerprint density at radius 3 is 1.62 bits per heavy atom. The predicted octanol–water partition coefficient (Wildman–Crippen LogP) is 5.17. The van der Waals surface area contributed by atoms with Crippen LogP contribution in [-0.4, -0.2) is 90.8 Å². The van der Waals surface area contributed by atoms with Crippen molar-refractivity contribution < 1.29 is 53.6 Å². The molecule has 55 heavy (non-hydrogen) atoms. The second-order valence-electron chi connectivity index (χ2n) is 12.1. The molecule has 0 saturated carbocycles. The third kappa shape index (κ3) is 21.0. The Morgan fingerprint density at radius 2 is 1.16 bits per heavy atom. The highest BCUT2D eigenvalue weighted by Crippen LogP contribution is 2.35. The number of nitrogens with two attached hydrogens (primary N) is 1. The molecule has 0 bridgehead atoms. The lowest BCUT2D eigenvalue weighted by Crippen LogP contribution is -2.41. The molecule has 0 radical (unpaired) electrons. The maximum Gasteiger partial charge on any atom is 0.367 e. The maximum atomic E-state index is 11.8. The smallest absolute Gasteiger partial charge is 0.367 e. The van der Waals surface area contributed by atoms with Crippen LogP contribution in [0.4, 0.5) is 4.79 Å². The Labute approximate surface area is 332 Å². The van der Waals surface area contributed by atoms with Crippen LogP contribution in [0.5, 0.6) is 0 Å². The van der Waals surface area contributed by atoms with Crippen LogP contribution >= 0.6 is 35.3 Å². The van der Waals surface area contributed by atoms with Crippen molar-refractivity contribution in [2.24, 2.45) is 5.73 Å². The summed E-state index contributed by atoms with van der Waals surface area (Å²) in [5.41, 5.74) is 9.07. The van der Waals surface area contributed by atoms with Crippen LogP contribution in [0.15, 0.2) is 84.9 Å². The van der Waals surface area contributed by atoms with Gasteiger partial charge in [-0.05, 0) is 43.7 Å². The molecule has 14 nitrogen and oxygen atoms in total. The molecule has 0 aliphatic heterocycles. The topological polar surface area (TPSA) is 239 Å². The summed E-state index contributed by atoms with van der Waals surface area (Å²) in [7, 11) is 0. The van der Waals surface area contributed by atoms with E-state index in [0.717, 1.165) is 34.7 Å². The number of carbonyl (C=O) groups excluding carboxylic acids is 4. The van der Waals surface area contributed by atoms with Gasteiger partial charge in [-0.2, -0.15) is 0 Å². The van der Waals surface area contributed by atoms with E-state index in [9.17, 15) is 33.6 Å². The quantitative estimate of drug-likeness (QED) is 0.102. The average molecular weight is 818 g/mol. The summed E-state index contributed by atoms with van der Waals surface area (Å²) in [4.78, 5) is 77.3. The summed E-state index contributed by atoms with van der Waals surface area (Å²) in [6.45, 7) is 8.64. The van der Waals surface area contributed by atoms with E-state index in [-0.39, 0.29) is 28.0 Å². The lowest BCUT2D eigenvalue weighted by Gasteiger charge is -2.25. The molecule has 2 amide bonds. The molecule has 7 N–H and O–H groups in total. The van der Waals surface area contributed by atoms with E-state index < -0.39 is 53.1 Å². The molecule has 17 heteroatoms. The van der Waals surface area contributed by atoms with Gasteiger partial charge in [-0.1, -0.05) is 102 Å². The Hall–Kier alpha value is -4.84. The zero-order valence-electron chi connectivity index (χ0n) is 31.1. The molecule has 0 spiro atoms. The van der Waals surface area contributed by atoms with Gasteiger partial charge in [0, 0.05) is 41.4 Å². The number of carboxylic acid groups (broad SMARTS) is 3. The van der Waals surface area contributed by atoms with Crippen molar-refractivity contribution in [2.45, 2.75) is 64.1 Å². The fraction of sp³-hybridized carbons (Fsp3) is 0.342. The first-order chi connectivity index (χ1) is 25.8. The minimum Gasteiger partial charge on any atom is -0.480 e. The Kier molecular flexibility index (Phi) is 22.1. The van der Waals surface area contributed by atoms with E-state index >= 15 is 0 Å². The number of amides is 2. The van der Waals surface area contributed by atoms with Crippen molar-refractivity contribution in [3.8, 4) is 0 Å². The van der Waals surface area contributed by atoms with Crippen LogP contribution in [0.1, 0.15) is 54.7 Å². The summed E-state index contributed by atoms with van der Waals surface area (Å²) >= 11 is 3.16. The van der Waals surface area contributed by atoms with Crippen LogP contribution in [0.3, 0.4) is 0 Å². The third-order valence-corrected chi connectivity index (χ3v) is 10.3. The van der Waals surface area contributed by atoms with E-state index in [4.69, 9.17) is 25.8 Å². The molecule has 0 aliphatic carbocycles. The first-order valence-electron chi connectivity index (χ1n) is 16.6. The monoisotopic (exact) mass is 817 g/mol. The highest BCUT2D eigenvalue weighted by molar-refractivity contribution is 8.14. The van der Waals surface area contributed by atoms with E-state index in [1.165, 1.54) is 19.4 Å². The summed E-state index contributed by atoms with van der Waals surface area (Å²) in [5, 5.41) is 30.2. The molecule has 298 valence electrons. The predicted molar refractivity (Wildman–Crippen MR) is 215 cm³/mol. The molecule has 0 fully saturated rings. The van der Waals surface area contributed by atoms with Gasteiger partial charge >= 0.3 is 23.2 Å². The number of benzene rings is 3. The first-order valence-corrected chi connectivity index (χ1v) is 19.5. The van der Waals surface area contributed by atoms with Gasteiger partial charge in [0.15, 0.2) is 0 Å². The van der Waals surface area contributed by atoms with Crippen molar-refractivity contribution in [3.63, 3.8) is 0 Å². The minimum atomic E-state index is -1.19. The van der Waals surface area contributed by atoms with E-state index in [1.54, 1.807) is 23.9 Å². The lowest BCUT2D eigenvalue weighted by molar-refractivity contribution is -0.141. The first kappa shape index (κ1) is 48.2. The molecule has 3 atom stereocenters. The molecule has 0 aliphatic rings. The standard InChI is InChI=1S/C13H15NO5S.C13H15NO4S.C12H17NO2S/c1-9(15)14-11(12(16)17)8-20-13(18)19-7-10-5-3-2-4-6-10;1-8-3-5-10(6-4-8)13(18)19-7-11(12(16)17)14-9(2)15;1-12(2,9-6-4-3-5-7-9)16-8-10(13)11(14)15/h2-6,11H,7-8H2,1H3,(H,14,15)(H,16,17);3-6,11H,7H2,1-2H3,(H,14,15)(H,16,17);3-7,10H,8,13H2,1-2H3,(H,14,15)/t2*11-;10-/m000/s1. The number of hydrogen-bond acceptors (Lipinski definition) is 12. The summed E-state index contributed by atoms with van der Waals surface area (Å²) < 4.78 is 4.86. The zero-order chi connectivity index (χ0) is 41.6.